The number of anilines is 1. The van der Waals surface area contributed by atoms with Gasteiger partial charge in [0.15, 0.2) is 6.10 Å². The minimum Gasteiger partial charge on any atom is -0.507 e. The standard InChI is InChI=1S/C11H11NO7/c1-5(9(14)15)19-11(18)12-6-2-3-8(13)7(4-6)10(16)17/h2-5,13H,1H3,(H,12,18)(H,14,15)(H,16,17). The molecule has 0 fully saturated rings. The second kappa shape index (κ2) is 5.71. The first-order valence-corrected chi connectivity index (χ1v) is 5.08. The topological polar surface area (TPSA) is 133 Å². The molecule has 0 spiro atoms. The number of hydrogen-bond donors (Lipinski definition) is 4. The quantitative estimate of drug-likeness (QED) is 0.601. The Morgan fingerprint density at radius 2 is 1.89 bits per heavy atom. The Balaban J connectivity index is 2.78. The van der Waals surface area contributed by atoms with Crippen molar-refractivity contribution in [3.8, 4) is 5.75 Å². The van der Waals surface area contributed by atoms with Crippen molar-refractivity contribution in [2.24, 2.45) is 0 Å². The molecule has 4 N–H and O–H groups in total. The molecule has 0 bridgehead atoms. The highest BCUT2D eigenvalue weighted by Crippen LogP contribution is 2.21. The van der Waals surface area contributed by atoms with Crippen LogP contribution in [0, 0.1) is 0 Å². The highest BCUT2D eigenvalue weighted by atomic mass is 16.6. The number of phenols is 1. The molecule has 0 aliphatic carbocycles. The summed E-state index contributed by atoms with van der Waals surface area (Å²) in [5.74, 6) is -3.13. The van der Waals surface area contributed by atoms with Crippen LogP contribution in [-0.4, -0.2) is 39.5 Å². The SMILES string of the molecule is CC(OC(=O)Nc1ccc(O)c(C(=O)O)c1)C(=O)O. The number of carboxylic acid groups (broad SMARTS) is 2. The lowest BCUT2D eigenvalue weighted by Crippen LogP contribution is -2.26. The Labute approximate surface area is 107 Å². The second-order valence-corrected chi connectivity index (χ2v) is 3.55. The maximum absolute atomic E-state index is 11.3. The average Bonchev–Trinajstić information content (AvgIpc) is 2.30. The number of aromatic hydroxyl groups is 1. The molecule has 0 radical (unpaired) electrons. The molecular formula is C11H11NO7. The Kier molecular flexibility index (Phi) is 4.30. The summed E-state index contributed by atoms with van der Waals surface area (Å²) >= 11 is 0. The number of hydrogen-bond acceptors (Lipinski definition) is 5. The van der Waals surface area contributed by atoms with Gasteiger partial charge in [-0.25, -0.2) is 14.4 Å². The van der Waals surface area contributed by atoms with Crippen molar-refractivity contribution >= 4 is 23.7 Å². The van der Waals surface area contributed by atoms with Crippen LogP contribution in [0.15, 0.2) is 18.2 Å². The van der Waals surface area contributed by atoms with Gasteiger partial charge in [0.2, 0.25) is 0 Å². The zero-order valence-corrected chi connectivity index (χ0v) is 9.78. The summed E-state index contributed by atoms with van der Waals surface area (Å²) in [7, 11) is 0. The molecule has 102 valence electrons. The number of carbonyl (C=O) groups excluding carboxylic acids is 1. The molecular weight excluding hydrogens is 258 g/mol. The number of aromatic carboxylic acids is 1. The summed E-state index contributed by atoms with van der Waals surface area (Å²) < 4.78 is 4.49. The first-order chi connectivity index (χ1) is 8.81. The third kappa shape index (κ3) is 3.87. The van der Waals surface area contributed by atoms with Crippen LogP contribution in [0.1, 0.15) is 17.3 Å². The zero-order valence-electron chi connectivity index (χ0n) is 9.78. The van der Waals surface area contributed by atoms with Gasteiger partial charge in [-0.1, -0.05) is 0 Å². The van der Waals surface area contributed by atoms with Gasteiger partial charge in [0.05, 0.1) is 0 Å². The molecule has 1 aromatic rings. The molecule has 1 amide bonds. The number of benzene rings is 1. The molecule has 0 heterocycles. The normalized spacial score (nSPS) is 11.4. The van der Waals surface area contributed by atoms with E-state index in [1.807, 2.05) is 0 Å². The number of ether oxygens (including phenoxy) is 1. The molecule has 0 aliphatic heterocycles. The van der Waals surface area contributed by atoms with Gasteiger partial charge in [-0.05, 0) is 25.1 Å². The van der Waals surface area contributed by atoms with Crippen molar-refractivity contribution in [3.63, 3.8) is 0 Å². The molecule has 1 aromatic carbocycles. The summed E-state index contributed by atoms with van der Waals surface area (Å²) in [5.41, 5.74) is -0.345. The first kappa shape index (κ1) is 14.3. The van der Waals surface area contributed by atoms with E-state index < -0.39 is 35.4 Å². The van der Waals surface area contributed by atoms with Gasteiger partial charge < -0.3 is 20.1 Å². The summed E-state index contributed by atoms with van der Waals surface area (Å²) in [6.07, 6.45) is -2.38. The van der Waals surface area contributed by atoms with E-state index in [-0.39, 0.29) is 5.69 Å². The van der Waals surface area contributed by atoms with Gasteiger partial charge in [0.1, 0.15) is 11.3 Å². The summed E-state index contributed by atoms with van der Waals surface area (Å²) in [6, 6.07) is 3.35. The molecule has 1 unspecified atom stereocenters. The monoisotopic (exact) mass is 269 g/mol. The van der Waals surface area contributed by atoms with E-state index >= 15 is 0 Å². The molecule has 19 heavy (non-hydrogen) atoms. The van der Waals surface area contributed by atoms with Gasteiger partial charge in [0.25, 0.3) is 0 Å². The Morgan fingerprint density at radius 3 is 2.42 bits per heavy atom. The molecule has 0 saturated heterocycles. The van der Waals surface area contributed by atoms with Crippen molar-refractivity contribution < 1.29 is 34.4 Å². The molecule has 1 rings (SSSR count). The fourth-order valence-corrected chi connectivity index (χ4v) is 1.14. The Hall–Kier alpha value is -2.77. The van der Waals surface area contributed by atoms with Crippen molar-refractivity contribution in [2.75, 3.05) is 5.32 Å². The minimum absolute atomic E-state index is 0.0535. The van der Waals surface area contributed by atoms with Crippen molar-refractivity contribution in [2.45, 2.75) is 13.0 Å². The van der Waals surface area contributed by atoms with Crippen LogP contribution in [-0.2, 0) is 9.53 Å². The number of aliphatic carboxylic acids is 1. The van der Waals surface area contributed by atoms with Crippen LogP contribution in [0.4, 0.5) is 10.5 Å². The highest BCUT2D eigenvalue weighted by Gasteiger charge is 2.17. The van der Waals surface area contributed by atoms with E-state index in [4.69, 9.17) is 10.2 Å². The lowest BCUT2D eigenvalue weighted by Gasteiger charge is -2.10. The van der Waals surface area contributed by atoms with Gasteiger partial charge in [0, 0.05) is 5.69 Å². The lowest BCUT2D eigenvalue weighted by molar-refractivity contribution is -0.145. The van der Waals surface area contributed by atoms with Crippen LogP contribution in [0.5, 0.6) is 5.75 Å². The number of rotatable bonds is 4. The smallest absolute Gasteiger partial charge is 0.412 e. The number of carboxylic acids is 2. The van der Waals surface area contributed by atoms with Crippen LogP contribution < -0.4 is 5.32 Å². The maximum atomic E-state index is 11.3. The third-order valence-corrected chi connectivity index (χ3v) is 2.10. The predicted octanol–water partition coefficient (Wildman–Crippen LogP) is 1.11. The third-order valence-electron chi connectivity index (χ3n) is 2.10. The van der Waals surface area contributed by atoms with Crippen molar-refractivity contribution in [1.82, 2.24) is 0 Å². The van der Waals surface area contributed by atoms with Gasteiger partial charge in [-0.2, -0.15) is 0 Å². The number of carbonyl (C=O) groups is 3. The van der Waals surface area contributed by atoms with Crippen LogP contribution in [0.25, 0.3) is 0 Å². The van der Waals surface area contributed by atoms with Crippen LogP contribution in [0.2, 0.25) is 0 Å². The first-order valence-electron chi connectivity index (χ1n) is 5.08. The van der Waals surface area contributed by atoms with E-state index in [1.54, 1.807) is 0 Å². The molecule has 8 nitrogen and oxygen atoms in total. The van der Waals surface area contributed by atoms with Gasteiger partial charge in [-0.3, -0.25) is 5.32 Å². The van der Waals surface area contributed by atoms with E-state index in [1.165, 1.54) is 13.0 Å². The summed E-state index contributed by atoms with van der Waals surface area (Å²) in [4.78, 5) is 32.5. The van der Waals surface area contributed by atoms with Gasteiger partial charge in [-0.15, -0.1) is 0 Å². The van der Waals surface area contributed by atoms with E-state index in [0.29, 0.717) is 0 Å². The predicted molar refractivity (Wildman–Crippen MR) is 62.3 cm³/mol. The molecule has 1 atom stereocenters. The molecule has 0 aliphatic rings. The van der Waals surface area contributed by atoms with E-state index in [2.05, 4.69) is 10.1 Å². The largest absolute Gasteiger partial charge is 0.507 e. The Morgan fingerprint density at radius 1 is 1.26 bits per heavy atom. The summed E-state index contributed by atoms with van der Waals surface area (Å²) in [6.45, 7) is 1.17. The Bertz CT molecular complexity index is 526. The molecule has 8 heteroatoms. The van der Waals surface area contributed by atoms with Crippen molar-refractivity contribution in [1.29, 1.82) is 0 Å². The van der Waals surface area contributed by atoms with Crippen molar-refractivity contribution in [3.05, 3.63) is 23.8 Å². The molecule has 0 aromatic heterocycles. The lowest BCUT2D eigenvalue weighted by atomic mass is 10.2. The van der Waals surface area contributed by atoms with Crippen LogP contribution in [0.3, 0.4) is 0 Å². The fraction of sp³-hybridized carbons (Fsp3) is 0.182. The average molecular weight is 269 g/mol. The van der Waals surface area contributed by atoms with E-state index in [9.17, 15) is 19.5 Å². The van der Waals surface area contributed by atoms with E-state index in [0.717, 1.165) is 12.1 Å². The zero-order chi connectivity index (χ0) is 14.6. The van der Waals surface area contributed by atoms with Crippen LogP contribution >= 0.6 is 0 Å². The number of amides is 1. The minimum atomic E-state index is -1.37. The molecule has 0 saturated carbocycles. The second-order valence-electron chi connectivity index (χ2n) is 3.55. The maximum Gasteiger partial charge on any atom is 0.412 e. The number of nitrogens with one attached hydrogen (secondary N) is 1. The fourth-order valence-electron chi connectivity index (χ4n) is 1.14. The highest BCUT2D eigenvalue weighted by molar-refractivity contribution is 5.94. The summed E-state index contributed by atoms with van der Waals surface area (Å²) in [5, 5.41) is 28.7. The van der Waals surface area contributed by atoms with Gasteiger partial charge >= 0.3 is 18.0 Å².